The summed E-state index contributed by atoms with van der Waals surface area (Å²) in [5.74, 6) is 0. The van der Waals surface area contributed by atoms with Gasteiger partial charge in [-0.15, -0.1) is 0 Å². The van der Waals surface area contributed by atoms with Gasteiger partial charge in [-0.1, -0.05) is 0 Å². The molecule has 5 nitrogen and oxygen atoms in total. The lowest BCUT2D eigenvalue weighted by molar-refractivity contribution is -0.0617. The largest absolute Gasteiger partial charge is 0.388 e. The average Bonchev–Trinajstić information content (AvgIpc) is 2.31. The van der Waals surface area contributed by atoms with Crippen molar-refractivity contribution < 1.29 is 9.84 Å². The minimum Gasteiger partial charge on any atom is -0.388 e. The van der Waals surface area contributed by atoms with E-state index in [-0.39, 0.29) is 0 Å². The lowest BCUT2D eigenvalue weighted by atomic mass is 9.94. The van der Waals surface area contributed by atoms with Crippen molar-refractivity contribution >= 4 is 0 Å². The van der Waals surface area contributed by atoms with Gasteiger partial charge < -0.3 is 15.2 Å². The summed E-state index contributed by atoms with van der Waals surface area (Å²) < 4.78 is 5.22. The second-order valence-electron chi connectivity index (χ2n) is 4.19. The van der Waals surface area contributed by atoms with Crippen LogP contribution in [0.1, 0.15) is 18.4 Å². The molecular formula is C11H17N3O2. The van der Waals surface area contributed by atoms with Crippen molar-refractivity contribution in [2.75, 3.05) is 19.8 Å². The fraction of sp³-hybridized carbons (Fsp3) is 0.636. The number of aromatic nitrogens is 2. The van der Waals surface area contributed by atoms with Crippen LogP contribution < -0.4 is 5.32 Å². The van der Waals surface area contributed by atoms with Gasteiger partial charge in [0.1, 0.15) is 6.33 Å². The van der Waals surface area contributed by atoms with E-state index < -0.39 is 5.60 Å². The highest BCUT2D eigenvalue weighted by Gasteiger charge is 2.28. The first kappa shape index (κ1) is 11.4. The van der Waals surface area contributed by atoms with Crippen LogP contribution in [-0.2, 0) is 11.3 Å². The summed E-state index contributed by atoms with van der Waals surface area (Å²) in [4.78, 5) is 7.87. The quantitative estimate of drug-likeness (QED) is 0.758. The molecule has 1 fully saturated rings. The van der Waals surface area contributed by atoms with E-state index >= 15 is 0 Å². The Morgan fingerprint density at radius 2 is 2.00 bits per heavy atom. The van der Waals surface area contributed by atoms with Crippen molar-refractivity contribution in [3.63, 3.8) is 0 Å². The maximum Gasteiger partial charge on any atom is 0.115 e. The molecule has 0 saturated carbocycles. The fourth-order valence-electron chi connectivity index (χ4n) is 1.79. The Balaban J connectivity index is 1.75. The molecule has 0 bridgehead atoms. The van der Waals surface area contributed by atoms with Crippen molar-refractivity contribution in [3.8, 4) is 0 Å². The van der Waals surface area contributed by atoms with Crippen molar-refractivity contribution in [2.24, 2.45) is 0 Å². The average molecular weight is 223 g/mol. The molecular weight excluding hydrogens is 206 g/mol. The molecule has 0 spiro atoms. The maximum atomic E-state index is 10.2. The minimum atomic E-state index is -0.617. The predicted molar refractivity (Wildman–Crippen MR) is 58.7 cm³/mol. The van der Waals surface area contributed by atoms with Crippen LogP contribution in [0.2, 0.25) is 0 Å². The first-order valence-corrected chi connectivity index (χ1v) is 5.53. The van der Waals surface area contributed by atoms with Gasteiger partial charge >= 0.3 is 0 Å². The smallest absolute Gasteiger partial charge is 0.115 e. The summed E-state index contributed by atoms with van der Waals surface area (Å²) >= 11 is 0. The SMILES string of the molecule is OC1(CNCc2cncnc2)CCOCC1. The summed E-state index contributed by atoms with van der Waals surface area (Å²) in [6, 6.07) is 0. The number of nitrogens with zero attached hydrogens (tertiary/aromatic N) is 2. The van der Waals surface area contributed by atoms with Gasteiger partial charge in [0.15, 0.2) is 0 Å². The van der Waals surface area contributed by atoms with Gasteiger partial charge in [0.2, 0.25) is 0 Å². The molecule has 16 heavy (non-hydrogen) atoms. The van der Waals surface area contributed by atoms with E-state index in [0.717, 1.165) is 5.56 Å². The summed E-state index contributed by atoms with van der Waals surface area (Å²) in [7, 11) is 0. The van der Waals surface area contributed by atoms with Crippen molar-refractivity contribution in [1.82, 2.24) is 15.3 Å². The normalized spacial score (nSPS) is 19.6. The van der Waals surface area contributed by atoms with E-state index in [1.54, 1.807) is 12.4 Å². The Hall–Kier alpha value is -1.04. The van der Waals surface area contributed by atoms with Crippen LogP contribution in [0, 0.1) is 0 Å². The van der Waals surface area contributed by atoms with Crippen LogP contribution in [0.5, 0.6) is 0 Å². The third kappa shape index (κ3) is 3.23. The van der Waals surface area contributed by atoms with Crippen molar-refractivity contribution in [2.45, 2.75) is 25.0 Å². The predicted octanol–water partition coefficient (Wildman–Crippen LogP) is 0.108. The van der Waals surface area contributed by atoms with Crippen LogP contribution in [0.25, 0.3) is 0 Å². The molecule has 5 heteroatoms. The van der Waals surface area contributed by atoms with Gasteiger partial charge in [-0.05, 0) is 0 Å². The Morgan fingerprint density at radius 3 is 2.69 bits per heavy atom. The Labute approximate surface area is 94.9 Å². The zero-order valence-electron chi connectivity index (χ0n) is 9.22. The molecule has 0 unspecified atom stereocenters. The molecule has 1 aliphatic rings. The van der Waals surface area contributed by atoms with Crippen LogP contribution in [0.3, 0.4) is 0 Å². The molecule has 2 heterocycles. The Morgan fingerprint density at radius 1 is 1.31 bits per heavy atom. The molecule has 0 atom stereocenters. The first-order valence-electron chi connectivity index (χ1n) is 5.53. The number of hydrogen-bond donors (Lipinski definition) is 2. The second-order valence-corrected chi connectivity index (χ2v) is 4.19. The van der Waals surface area contributed by atoms with Crippen LogP contribution in [0.15, 0.2) is 18.7 Å². The monoisotopic (exact) mass is 223 g/mol. The summed E-state index contributed by atoms with van der Waals surface area (Å²) in [6.45, 7) is 2.56. The standard InChI is InChI=1S/C11H17N3O2/c15-11(1-3-16-4-2-11)8-12-5-10-6-13-9-14-7-10/h6-7,9,12,15H,1-5,8H2. The second kappa shape index (κ2) is 5.34. The minimum absolute atomic E-state index is 0.589. The molecule has 1 aromatic rings. The van der Waals surface area contributed by atoms with Crippen LogP contribution >= 0.6 is 0 Å². The van der Waals surface area contributed by atoms with Gasteiger partial charge in [0.05, 0.1) is 5.60 Å². The zero-order chi connectivity index (χ0) is 11.3. The maximum absolute atomic E-state index is 10.2. The van der Waals surface area contributed by atoms with E-state index in [4.69, 9.17) is 4.74 Å². The van der Waals surface area contributed by atoms with E-state index in [1.165, 1.54) is 6.33 Å². The molecule has 0 aliphatic carbocycles. The fourth-order valence-corrected chi connectivity index (χ4v) is 1.79. The van der Waals surface area contributed by atoms with Gasteiger partial charge in [-0.3, -0.25) is 0 Å². The van der Waals surface area contributed by atoms with Crippen molar-refractivity contribution in [3.05, 3.63) is 24.3 Å². The summed E-state index contributed by atoms with van der Waals surface area (Å²) in [5.41, 5.74) is 0.409. The summed E-state index contributed by atoms with van der Waals surface area (Å²) in [6.07, 6.45) is 6.45. The highest BCUT2D eigenvalue weighted by atomic mass is 16.5. The molecule has 0 radical (unpaired) electrons. The van der Waals surface area contributed by atoms with Crippen LogP contribution in [0.4, 0.5) is 0 Å². The van der Waals surface area contributed by atoms with Crippen molar-refractivity contribution in [1.29, 1.82) is 0 Å². The molecule has 0 amide bonds. The topological polar surface area (TPSA) is 67.3 Å². The molecule has 88 valence electrons. The lowest BCUT2D eigenvalue weighted by Gasteiger charge is -2.32. The molecule has 1 aliphatic heterocycles. The Kier molecular flexibility index (Phi) is 3.82. The third-order valence-electron chi connectivity index (χ3n) is 2.82. The highest BCUT2D eigenvalue weighted by Crippen LogP contribution is 2.19. The number of hydrogen-bond acceptors (Lipinski definition) is 5. The van der Waals surface area contributed by atoms with Gasteiger partial charge in [-0.2, -0.15) is 0 Å². The highest BCUT2D eigenvalue weighted by molar-refractivity contribution is 5.01. The number of rotatable bonds is 4. The molecule has 1 aromatic heterocycles. The molecule has 2 rings (SSSR count). The van der Waals surface area contributed by atoms with Crippen LogP contribution in [-0.4, -0.2) is 40.4 Å². The first-order chi connectivity index (χ1) is 7.79. The van der Waals surface area contributed by atoms with E-state index in [1.807, 2.05) is 0 Å². The summed E-state index contributed by atoms with van der Waals surface area (Å²) in [5, 5.41) is 13.4. The molecule has 2 N–H and O–H groups in total. The van der Waals surface area contributed by atoms with Gasteiger partial charge in [0.25, 0.3) is 0 Å². The van der Waals surface area contributed by atoms with E-state index in [9.17, 15) is 5.11 Å². The van der Waals surface area contributed by atoms with E-state index in [0.29, 0.717) is 39.1 Å². The molecule has 0 aromatic carbocycles. The van der Waals surface area contributed by atoms with E-state index in [2.05, 4.69) is 15.3 Å². The Bertz CT molecular complexity index is 312. The number of nitrogens with one attached hydrogen (secondary N) is 1. The molecule has 1 saturated heterocycles. The number of ether oxygens (including phenoxy) is 1. The number of aliphatic hydroxyl groups is 1. The van der Waals surface area contributed by atoms with Gasteiger partial charge in [0, 0.05) is 57.1 Å². The lowest BCUT2D eigenvalue weighted by Crippen LogP contribution is -2.44. The third-order valence-corrected chi connectivity index (χ3v) is 2.82. The zero-order valence-corrected chi connectivity index (χ0v) is 9.22. The van der Waals surface area contributed by atoms with Gasteiger partial charge in [-0.25, -0.2) is 9.97 Å².